The molecule has 1 aromatic heterocycles. The molecule has 0 atom stereocenters. The highest BCUT2D eigenvalue weighted by molar-refractivity contribution is 6.30. The van der Waals surface area contributed by atoms with Crippen LogP contribution in [0.4, 0.5) is 5.82 Å². The van der Waals surface area contributed by atoms with Crippen molar-refractivity contribution < 1.29 is 5.11 Å². The lowest BCUT2D eigenvalue weighted by Crippen LogP contribution is -2.46. The third-order valence-corrected chi connectivity index (χ3v) is 4.75. The predicted molar refractivity (Wildman–Crippen MR) is 101 cm³/mol. The maximum Gasteiger partial charge on any atom is 0.132 e. The van der Waals surface area contributed by atoms with Crippen LogP contribution in [0.2, 0.25) is 5.02 Å². The van der Waals surface area contributed by atoms with Gasteiger partial charge in [0.2, 0.25) is 0 Å². The van der Waals surface area contributed by atoms with Gasteiger partial charge in [-0.1, -0.05) is 24.9 Å². The minimum Gasteiger partial charge on any atom is -0.508 e. The summed E-state index contributed by atoms with van der Waals surface area (Å²) in [4.78, 5) is 13.8. The molecule has 1 aliphatic rings. The molecule has 6 heteroatoms. The highest BCUT2D eigenvalue weighted by Crippen LogP contribution is 2.24. The first kappa shape index (κ1) is 18.0. The number of anilines is 1. The second-order valence-corrected chi connectivity index (χ2v) is 6.99. The van der Waals surface area contributed by atoms with Gasteiger partial charge in [-0.15, -0.1) is 0 Å². The summed E-state index contributed by atoms with van der Waals surface area (Å²) in [5.74, 6) is 2.18. The molecule has 0 radical (unpaired) electrons. The maximum absolute atomic E-state index is 9.99. The molecule has 0 bridgehead atoms. The summed E-state index contributed by atoms with van der Waals surface area (Å²) in [6.07, 6.45) is 2.08. The van der Waals surface area contributed by atoms with Gasteiger partial charge in [-0.05, 0) is 31.5 Å². The van der Waals surface area contributed by atoms with Crippen molar-refractivity contribution in [3.05, 3.63) is 46.4 Å². The molecule has 2 heterocycles. The zero-order valence-electron chi connectivity index (χ0n) is 14.9. The number of nitrogens with zero attached hydrogens (tertiary/aromatic N) is 4. The van der Waals surface area contributed by atoms with Crippen LogP contribution >= 0.6 is 11.6 Å². The summed E-state index contributed by atoms with van der Waals surface area (Å²) in [6.45, 7) is 8.54. The van der Waals surface area contributed by atoms with Gasteiger partial charge in [-0.3, -0.25) is 4.90 Å². The molecule has 0 aliphatic carbocycles. The van der Waals surface area contributed by atoms with E-state index in [1.165, 1.54) is 0 Å². The standard InChI is InChI=1S/C19H25ClN4O/c1-3-4-17-12-19(22-14(2)21-17)24-9-7-23(8-10-24)13-15-11-16(20)5-6-18(15)25/h5-6,11-12,25H,3-4,7-10,13H2,1-2H3. The number of halogens is 1. The van der Waals surface area contributed by atoms with Gasteiger partial charge >= 0.3 is 0 Å². The number of aromatic nitrogens is 2. The normalized spacial score (nSPS) is 15.6. The molecular formula is C19H25ClN4O. The van der Waals surface area contributed by atoms with Crippen LogP contribution in [0.15, 0.2) is 24.3 Å². The molecule has 25 heavy (non-hydrogen) atoms. The number of rotatable bonds is 5. The van der Waals surface area contributed by atoms with E-state index in [1.807, 2.05) is 13.0 Å². The van der Waals surface area contributed by atoms with Crippen molar-refractivity contribution in [3.8, 4) is 5.75 Å². The number of phenolic OH excluding ortho intramolecular Hbond substituents is 1. The number of aryl methyl sites for hydroxylation is 2. The third-order valence-electron chi connectivity index (χ3n) is 4.52. The van der Waals surface area contributed by atoms with Gasteiger partial charge in [0, 0.05) is 55.1 Å². The summed E-state index contributed by atoms with van der Waals surface area (Å²) in [7, 11) is 0. The van der Waals surface area contributed by atoms with Gasteiger partial charge in [-0.25, -0.2) is 9.97 Å². The second kappa shape index (κ2) is 8.02. The minimum atomic E-state index is 0.308. The van der Waals surface area contributed by atoms with Crippen LogP contribution in [0, 0.1) is 6.92 Å². The van der Waals surface area contributed by atoms with Crippen LogP contribution in [-0.4, -0.2) is 46.2 Å². The van der Waals surface area contributed by atoms with E-state index >= 15 is 0 Å². The molecular weight excluding hydrogens is 336 g/mol. The number of phenols is 1. The Balaban J connectivity index is 1.63. The molecule has 1 saturated heterocycles. The summed E-state index contributed by atoms with van der Waals surface area (Å²) in [5, 5.41) is 10.7. The van der Waals surface area contributed by atoms with E-state index in [4.69, 9.17) is 11.6 Å². The van der Waals surface area contributed by atoms with Gasteiger partial charge in [0.1, 0.15) is 17.4 Å². The van der Waals surface area contributed by atoms with Gasteiger partial charge in [0.15, 0.2) is 0 Å². The van der Waals surface area contributed by atoms with Crippen molar-refractivity contribution >= 4 is 17.4 Å². The molecule has 3 rings (SSSR count). The Labute approximate surface area is 154 Å². The Kier molecular flexibility index (Phi) is 5.76. The Bertz CT molecular complexity index is 729. The van der Waals surface area contributed by atoms with E-state index in [9.17, 15) is 5.11 Å². The van der Waals surface area contributed by atoms with Crippen molar-refractivity contribution in [2.24, 2.45) is 0 Å². The lowest BCUT2D eigenvalue weighted by molar-refractivity contribution is 0.246. The summed E-state index contributed by atoms with van der Waals surface area (Å²) < 4.78 is 0. The van der Waals surface area contributed by atoms with E-state index in [0.29, 0.717) is 17.3 Å². The van der Waals surface area contributed by atoms with E-state index in [-0.39, 0.29) is 0 Å². The molecule has 5 nitrogen and oxygen atoms in total. The first-order valence-electron chi connectivity index (χ1n) is 8.84. The van der Waals surface area contributed by atoms with Gasteiger partial charge in [0.25, 0.3) is 0 Å². The molecule has 0 saturated carbocycles. The first-order valence-corrected chi connectivity index (χ1v) is 9.22. The van der Waals surface area contributed by atoms with Gasteiger partial charge in [0.05, 0.1) is 0 Å². The van der Waals surface area contributed by atoms with Crippen LogP contribution in [-0.2, 0) is 13.0 Å². The molecule has 1 aromatic carbocycles. The average Bonchev–Trinajstić information content (AvgIpc) is 2.59. The maximum atomic E-state index is 9.99. The van der Waals surface area contributed by atoms with Crippen molar-refractivity contribution in [3.63, 3.8) is 0 Å². The van der Waals surface area contributed by atoms with Crippen LogP contribution in [0.25, 0.3) is 0 Å². The lowest BCUT2D eigenvalue weighted by atomic mass is 10.1. The zero-order valence-corrected chi connectivity index (χ0v) is 15.6. The Morgan fingerprint density at radius 2 is 1.88 bits per heavy atom. The fourth-order valence-corrected chi connectivity index (χ4v) is 3.41. The van der Waals surface area contributed by atoms with E-state index in [0.717, 1.165) is 61.9 Å². The SMILES string of the molecule is CCCc1cc(N2CCN(Cc3cc(Cl)ccc3O)CC2)nc(C)n1. The summed E-state index contributed by atoms with van der Waals surface area (Å²) in [5.41, 5.74) is 2.00. The summed E-state index contributed by atoms with van der Waals surface area (Å²) >= 11 is 6.04. The predicted octanol–water partition coefficient (Wildman–Crippen LogP) is 3.42. The molecule has 1 N–H and O–H groups in total. The third kappa shape index (κ3) is 4.61. The van der Waals surface area contributed by atoms with Crippen molar-refractivity contribution in [2.75, 3.05) is 31.1 Å². The number of piperazine rings is 1. The molecule has 0 spiro atoms. The molecule has 0 unspecified atom stereocenters. The topological polar surface area (TPSA) is 52.5 Å². The molecule has 134 valence electrons. The Morgan fingerprint density at radius 3 is 2.60 bits per heavy atom. The van der Waals surface area contributed by atoms with E-state index < -0.39 is 0 Å². The Morgan fingerprint density at radius 1 is 1.12 bits per heavy atom. The fourth-order valence-electron chi connectivity index (χ4n) is 3.22. The number of aromatic hydroxyl groups is 1. The van der Waals surface area contributed by atoms with E-state index in [1.54, 1.807) is 12.1 Å². The molecule has 0 amide bonds. The number of benzene rings is 1. The lowest BCUT2D eigenvalue weighted by Gasteiger charge is -2.35. The van der Waals surface area contributed by atoms with Crippen LogP contribution < -0.4 is 4.90 Å². The molecule has 1 fully saturated rings. The second-order valence-electron chi connectivity index (χ2n) is 6.55. The average molecular weight is 361 g/mol. The van der Waals surface area contributed by atoms with Crippen molar-refractivity contribution in [1.29, 1.82) is 0 Å². The highest BCUT2D eigenvalue weighted by Gasteiger charge is 2.20. The molecule has 1 aliphatic heterocycles. The van der Waals surface area contributed by atoms with E-state index in [2.05, 4.69) is 32.8 Å². The molecule has 2 aromatic rings. The monoisotopic (exact) mass is 360 g/mol. The van der Waals surface area contributed by atoms with Crippen LogP contribution in [0.3, 0.4) is 0 Å². The van der Waals surface area contributed by atoms with Crippen LogP contribution in [0.5, 0.6) is 5.75 Å². The Hall–Kier alpha value is -1.85. The highest BCUT2D eigenvalue weighted by atomic mass is 35.5. The van der Waals surface area contributed by atoms with Gasteiger partial charge < -0.3 is 10.0 Å². The first-order chi connectivity index (χ1) is 12.0. The van der Waals surface area contributed by atoms with Gasteiger partial charge in [-0.2, -0.15) is 0 Å². The zero-order chi connectivity index (χ0) is 17.8. The minimum absolute atomic E-state index is 0.308. The fraction of sp³-hybridized carbons (Fsp3) is 0.474. The van der Waals surface area contributed by atoms with Crippen LogP contribution in [0.1, 0.15) is 30.4 Å². The summed E-state index contributed by atoms with van der Waals surface area (Å²) in [6, 6.07) is 7.33. The van der Waals surface area contributed by atoms with Crippen molar-refractivity contribution in [1.82, 2.24) is 14.9 Å². The van der Waals surface area contributed by atoms with Crippen molar-refractivity contribution in [2.45, 2.75) is 33.2 Å². The number of hydrogen-bond donors (Lipinski definition) is 1. The largest absolute Gasteiger partial charge is 0.508 e. The smallest absolute Gasteiger partial charge is 0.132 e. The quantitative estimate of drug-likeness (QED) is 0.885. The number of hydrogen-bond acceptors (Lipinski definition) is 5.